The van der Waals surface area contributed by atoms with Gasteiger partial charge in [0.05, 0.1) is 33.5 Å². The molecule has 6 heteroatoms. The van der Waals surface area contributed by atoms with E-state index in [1.54, 1.807) is 32.4 Å². The molecule has 2 aromatic carbocycles. The summed E-state index contributed by atoms with van der Waals surface area (Å²) in [6.07, 6.45) is 1.78. The number of benzene rings is 2. The Hall–Kier alpha value is -3.02. The van der Waals surface area contributed by atoms with Gasteiger partial charge in [-0.15, -0.1) is 0 Å². The zero-order valence-electron chi connectivity index (χ0n) is 14.6. The van der Waals surface area contributed by atoms with Crippen molar-refractivity contribution < 1.29 is 19.0 Å². The molecule has 0 aliphatic heterocycles. The molecular formula is C19H22N2O4. The molecule has 1 N–H and O–H groups in total. The third kappa shape index (κ3) is 5.53. The largest absolute Gasteiger partial charge is 0.497 e. The van der Waals surface area contributed by atoms with Crippen LogP contribution >= 0.6 is 0 Å². The number of ether oxygens (including phenoxy) is 3. The van der Waals surface area contributed by atoms with E-state index in [-0.39, 0.29) is 12.3 Å². The Morgan fingerprint density at radius 2 is 1.80 bits per heavy atom. The van der Waals surface area contributed by atoms with Crippen molar-refractivity contribution in [2.24, 2.45) is 5.10 Å². The number of hydrazone groups is 1. The molecule has 2 rings (SSSR count). The van der Waals surface area contributed by atoms with Gasteiger partial charge in [-0.05, 0) is 36.8 Å². The predicted octanol–water partition coefficient (Wildman–Crippen LogP) is 2.80. The monoisotopic (exact) mass is 342 g/mol. The second-order valence-corrected chi connectivity index (χ2v) is 5.15. The van der Waals surface area contributed by atoms with Crippen molar-refractivity contribution in [3.63, 3.8) is 0 Å². The van der Waals surface area contributed by atoms with Gasteiger partial charge in [-0.25, -0.2) is 5.43 Å². The summed E-state index contributed by atoms with van der Waals surface area (Å²) in [5.41, 5.74) is 4.14. The first-order valence-electron chi connectivity index (χ1n) is 7.92. The molecule has 0 atom stereocenters. The predicted molar refractivity (Wildman–Crippen MR) is 96.6 cm³/mol. The molecule has 2 aromatic rings. The van der Waals surface area contributed by atoms with Crippen LogP contribution in [0.25, 0.3) is 0 Å². The Bertz CT molecular complexity index is 727. The Morgan fingerprint density at radius 1 is 1.08 bits per heavy atom. The summed E-state index contributed by atoms with van der Waals surface area (Å²) >= 11 is 0. The number of rotatable bonds is 8. The molecule has 0 spiro atoms. The number of hydrogen-bond acceptors (Lipinski definition) is 5. The van der Waals surface area contributed by atoms with E-state index in [2.05, 4.69) is 10.5 Å². The Balaban J connectivity index is 1.92. The highest BCUT2D eigenvalue weighted by molar-refractivity contribution is 5.86. The summed E-state index contributed by atoms with van der Waals surface area (Å²) in [6.45, 7) is 2.54. The number of nitrogens with one attached hydrogen (secondary N) is 1. The van der Waals surface area contributed by atoms with Crippen LogP contribution in [0.1, 0.15) is 18.1 Å². The maximum atomic E-state index is 12.0. The fourth-order valence-corrected chi connectivity index (χ4v) is 2.19. The first kappa shape index (κ1) is 18.3. The van der Waals surface area contributed by atoms with E-state index < -0.39 is 0 Å². The number of carbonyl (C=O) groups is 1. The molecule has 0 saturated carbocycles. The fraction of sp³-hybridized carbons (Fsp3) is 0.263. The van der Waals surface area contributed by atoms with Gasteiger partial charge in [0.1, 0.15) is 17.2 Å². The smallest absolute Gasteiger partial charge is 0.244 e. The second-order valence-electron chi connectivity index (χ2n) is 5.15. The van der Waals surface area contributed by atoms with Gasteiger partial charge < -0.3 is 14.2 Å². The SMILES string of the molecule is CCOc1ccc(CC(=O)N/N=C/c2ccc(OC)cc2OC)cc1. The molecule has 0 fully saturated rings. The minimum absolute atomic E-state index is 0.201. The lowest BCUT2D eigenvalue weighted by molar-refractivity contribution is -0.120. The Kier molecular flexibility index (Phi) is 6.83. The van der Waals surface area contributed by atoms with Crippen LogP contribution in [0.4, 0.5) is 0 Å². The van der Waals surface area contributed by atoms with Gasteiger partial charge in [0.25, 0.3) is 0 Å². The molecule has 25 heavy (non-hydrogen) atoms. The summed E-state index contributed by atoms with van der Waals surface area (Å²) in [6, 6.07) is 12.8. The van der Waals surface area contributed by atoms with Gasteiger partial charge in [0, 0.05) is 11.6 Å². The molecule has 0 aliphatic carbocycles. The second kappa shape index (κ2) is 9.32. The zero-order valence-corrected chi connectivity index (χ0v) is 14.6. The molecule has 0 unspecified atom stereocenters. The maximum Gasteiger partial charge on any atom is 0.244 e. The van der Waals surface area contributed by atoms with Gasteiger partial charge in [0.15, 0.2) is 0 Å². The zero-order chi connectivity index (χ0) is 18.1. The molecular weight excluding hydrogens is 320 g/mol. The normalized spacial score (nSPS) is 10.5. The first-order chi connectivity index (χ1) is 12.2. The minimum atomic E-state index is -0.201. The van der Waals surface area contributed by atoms with E-state index in [9.17, 15) is 4.79 Å². The lowest BCUT2D eigenvalue weighted by atomic mass is 10.1. The Morgan fingerprint density at radius 3 is 2.44 bits per heavy atom. The van der Waals surface area contributed by atoms with Crippen molar-refractivity contribution in [2.75, 3.05) is 20.8 Å². The van der Waals surface area contributed by atoms with E-state index in [0.29, 0.717) is 18.1 Å². The third-order valence-corrected chi connectivity index (χ3v) is 3.43. The summed E-state index contributed by atoms with van der Waals surface area (Å²) < 4.78 is 15.8. The number of methoxy groups -OCH3 is 2. The van der Waals surface area contributed by atoms with E-state index >= 15 is 0 Å². The molecule has 0 saturated heterocycles. The van der Waals surface area contributed by atoms with Crippen molar-refractivity contribution >= 4 is 12.1 Å². The van der Waals surface area contributed by atoms with Crippen LogP contribution in [-0.2, 0) is 11.2 Å². The van der Waals surface area contributed by atoms with Crippen LogP contribution in [0.2, 0.25) is 0 Å². The topological polar surface area (TPSA) is 69.2 Å². The standard InChI is InChI=1S/C19H22N2O4/c1-4-25-16-8-5-14(6-9-16)11-19(22)21-20-13-15-7-10-17(23-2)12-18(15)24-3/h5-10,12-13H,4,11H2,1-3H3,(H,21,22)/b20-13+. The van der Waals surface area contributed by atoms with Gasteiger partial charge in [-0.3, -0.25) is 4.79 Å². The third-order valence-electron chi connectivity index (χ3n) is 3.43. The number of nitrogens with zero attached hydrogens (tertiary/aromatic N) is 1. The van der Waals surface area contributed by atoms with Crippen molar-refractivity contribution in [3.05, 3.63) is 53.6 Å². The molecule has 1 amide bonds. The van der Waals surface area contributed by atoms with Crippen LogP contribution < -0.4 is 19.6 Å². The van der Waals surface area contributed by atoms with Crippen molar-refractivity contribution in [3.8, 4) is 17.2 Å². The molecule has 0 bridgehead atoms. The average molecular weight is 342 g/mol. The van der Waals surface area contributed by atoms with Crippen LogP contribution in [0, 0.1) is 0 Å². The van der Waals surface area contributed by atoms with Crippen LogP contribution in [0.15, 0.2) is 47.6 Å². The van der Waals surface area contributed by atoms with Crippen LogP contribution in [0.3, 0.4) is 0 Å². The molecule has 0 aliphatic rings. The highest BCUT2D eigenvalue weighted by Gasteiger charge is 2.04. The summed E-state index contributed by atoms with van der Waals surface area (Å²) in [5, 5.41) is 3.98. The lowest BCUT2D eigenvalue weighted by Crippen LogP contribution is -2.19. The molecule has 0 aromatic heterocycles. The van der Waals surface area contributed by atoms with E-state index in [1.807, 2.05) is 31.2 Å². The minimum Gasteiger partial charge on any atom is -0.497 e. The van der Waals surface area contributed by atoms with E-state index in [0.717, 1.165) is 16.9 Å². The van der Waals surface area contributed by atoms with Gasteiger partial charge >= 0.3 is 0 Å². The van der Waals surface area contributed by atoms with Gasteiger partial charge in [-0.1, -0.05) is 12.1 Å². The summed E-state index contributed by atoms with van der Waals surface area (Å²) in [7, 11) is 3.15. The Labute approximate surface area is 147 Å². The summed E-state index contributed by atoms with van der Waals surface area (Å²) in [5.74, 6) is 1.89. The van der Waals surface area contributed by atoms with Crippen molar-refractivity contribution in [1.29, 1.82) is 0 Å². The highest BCUT2D eigenvalue weighted by atomic mass is 16.5. The molecule has 6 nitrogen and oxygen atoms in total. The summed E-state index contributed by atoms with van der Waals surface area (Å²) in [4.78, 5) is 12.0. The quantitative estimate of drug-likeness (QED) is 0.592. The average Bonchev–Trinajstić information content (AvgIpc) is 2.63. The molecule has 0 radical (unpaired) electrons. The fourth-order valence-electron chi connectivity index (χ4n) is 2.19. The van der Waals surface area contributed by atoms with E-state index in [1.165, 1.54) is 6.21 Å². The number of hydrogen-bond donors (Lipinski definition) is 1. The first-order valence-corrected chi connectivity index (χ1v) is 7.92. The number of amides is 1. The molecule has 0 heterocycles. The van der Waals surface area contributed by atoms with Gasteiger partial charge in [-0.2, -0.15) is 5.10 Å². The maximum absolute atomic E-state index is 12.0. The highest BCUT2D eigenvalue weighted by Crippen LogP contribution is 2.23. The number of carbonyl (C=O) groups excluding carboxylic acids is 1. The molecule has 132 valence electrons. The van der Waals surface area contributed by atoms with Gasteiger partial charge in [0.2, 0.25) is 5.91 Å². The van der Waals surface area contributed by atoms with Crippen LogP contribution in [-0.4, -0.2) is 32.9 Å². The lowest BCUT2D eigenvalue weighted by Gasteiger charge is -2.07. The van der Waals surface area contributed by atoms with Crippen LogP contribution in [0.5, 0.6) is 17.2 Å². The van der Waals surface area contributed by atoms with E-state index in [4.69, 9.17) is 14.2 Å². The van der Waals surface area contributed by atoms with Crippen molar-refractivity contribution in [1.82, 2.24) is 5.43 Å². The van der Waals surface area contributed by atoms with Crippen molar-refractivity contribution in [2.45, 2.75) is 13.3 Å².